The molecule has 3 rings (SSSR count). The first-order valence-corrected chi connectivity index (χ1v) is 6.03. The Morgan fingerprint density at radius 1 is 1.00 bits per heavy atom. The van der Waals surface area contributed by atoms with Crippen molar-refractivity contribution in [1.82, 2.24) is 14.5 Å². The van der Waals surface area contributed by atoms with E-state index in [-0.39, 0.29) is 0 Å². The monoisotopic (exact) mass is 237 g/mol. The smallest absolute Gasteiger partial charge is 0.110 e. The maximum absolute atomic E-state index is 4.46. The van der Waals surface area contributed by atoms with Gasteiger partial charge in [-0.15, -0.1) is 0 Å². The molecule has 0 spiro atoms. The third-order valence-electron chi connectivity index (χ3n) is 3.15. The molecule has 3 heteroatoms. The minimum Gasteiger partial charge on any atom is -0.299 e. The summed E-state index contributed by atoms with van der Waals surface area (Å²) in [4.78, 5) is 8.91. The maximum atomic E-state index is 4.46. The van der Waals surface area contributed by atoms with Crippen LogP contribution in [0.5, 0.6) is 0 Å². The molecule has 0 N–H and O–H groups in total. The fourth-order valence-electron chi connectivity index (χ4n) is 2.23. The van der Waals surface area contributed by atoms with Crippen LogP contribution in [0.3, 0.4) is 0 Å². The van der Waals surface area contributed by atoms with Crippen molar-refractivity contribution < 1.29 is 0 Å². The molecular weight excluding hydrogens is 222 g/mol. The highest BCUT2D eigenvalue weighted by atomic mass is 15.1. The van der Waals surface area contributed by atoms with Crippen molar-refractivity contribution in [3.63, 3.8) is 0 Å². The van der Waals surface area contributed by atoms with Gasteiger partial charge in [-0.1, -0.05) is 17.7 Å². The van der Waals surface area contributed by atoms with Gasteiger partial charge >= 0.3 is 0 Å². The van der Waals surface area contributed by atoms with Gasteiger partial charge in [-0.3, -0.25) is 9.55 Å². The van der Waals surface area contributed by atoms with Gasteiger partial charge in [0.2, 0.25) is 0 Å². The Labute approximate surface area is 106 Å². The van der Waals surface area contributed by atoms with Crippen molar-refractivity contribution in [3.8, 4) is 5.69 Å². The molecule has 0 unspecified atom stereocenters. The van der Waals surface area contributed by atoms with E-state index in [0.717, 1.165) is 28.1 Å². The van der Waals surface area contributed by atoms with E-state index in [1.807, 2.05) is 20.2 Å². The summed E-state index contributed by atoms with van der Waals surface area (Å²) in [7, 11) is 0. The Balaban J connectivity index is 2.27. The molecule has 3 nitrogen and oxygen atoms in total. The van der Waals surface area contributed by atoms with Crippen molar-refractivity contribution in [3.05, 3.63) is 53.6 Å². The molecule has 0 fully saturated rings. The number of fused-ring (bicyclic) bond motifs is 1. The van der Waals surface area contributed by atoms with Crippen LogP contribution >= 0.6 is 0 Å². The van der Waals surface area contributed by atoms with Gasteiger partial charge in [0, 0.05) is 11.4 Å². The van der Waals surface area contributed by atoms with E-state index in [0.29, 0.717) is 0 Å². The summed E-state index contributed by atoms with van der Waals surface area (Å²) in [5.41, 5.74) is 6.49. The molecule has 18 heavy (non-hydrogen) atoms. The van der Waals surface area contributed by atoms with Crippen LogP contribution in [0.1, 0.15) is 17.0 Å². The summed E-state index contributed by atoms with van der Waals surface area (Å²) < 4.78 is 2.11. The highest BCUT2D eigenvalue weighted by Gasteiger charge is 2.08. The second kappa shape index (κ2) is 3.95. The van der Waals surface area contributed by atoms with E-state index < -0.39 is 0 Å². The van der Waals surface area contributed by atoms with E-state index in [1.165, 1.54) is 5.56 Å². The predicted octanol–water partition coefficient (Wildman–Crippen LogP) is 3.35. The Morgan fingerprint density at radius 3 is 2.44 bits per heavy atom. The van der Waals surface area contributed by atoms with Gasteiger partial charge in [-0.25, -0.2) is 4.98 Å². The molecule has 0 aliphatic rings. The number of hydrogen-bond acceptors (Lipinski definition) is 2. The summed E-state index contributed by atoms with van der Waals surface area (Å²) in [6, 6.07) is 10.5. The predicted molar refractivity (Wildman–Crippen MR) is 73.1 cm³/mol. The molecule has 0 amide bonds. The summed E-state index contributed by atoms with van der Waals surface area (Å²) in [6.45, 7) is 6.11. The van der Waals surface area contributed by atoms with Crippen LogP contribution in [0.4, 0.5) is 0 Å². The fourth-order valence-corrected chi connectivity index (χ4v) is 2.23. The number of rotatable bonds is 1. The second-order valence-electron chi connectivity index (χ2n) is 4.67. The minimum atomic E-state index is 0.973. The van der Waals surface area contributed by atoms with E-state index >= 15 is 0 Å². The third-order valence-corrected chi connectivity index (χ3v) is 3.15. The highest BCUT2D eigenvalue weighted by molar-refractivity contribution is 5.79. The van der Waals surface area contributed by atoms with Gasteiger partial charge in [0.15, 0.2) is 0 Å². The number of nitrogens with zero attached hydrogens (tertiary/aromatic N) is 3. The number of aromatic nitrogens is 3. The largest absolute Gasteiger partial charge is 0.299 e. The van der Waals surface area contributed by atoms with Crippen molar-refractivity contribution in [2.45, 2.75) is 20.8 Å². The topological polar surface area (TPSA) is 30.7 Å². The Hall–Kier alpha value is -2.16. The lowest BCUT2D eigenvalue weighted by atomic mass is 10.2. The number of aryl methyl sites for hydroxylation is 3. The molecular formula is C15H15N3. The molecule has 0 bridgehead atoms. The van der Waals surface area contributed by atoms with Gasteiger partial charge in [-0.2, -0.15) is 0 Å². The zero-order valence-corrected chi connectivity index (χ0v) is 10.8. The molecule has 0 aliphatic carbocycles. The average Bonchev–Trinajstić information content (AvgIpc) is 2.74. The molecule has 0 atom stereocenters. The third kappa shape index (κ3) is 1.68. The Bertz CT molecular complexity index is 708. The average molecular weight is 237 g/mol. The lowest BCUT2D eigenvalue weighted by Crippen LogP contribution is -1.94. The van der Waals surface area contributed by atoms with Crippen LogP contribution < -0.4 is 0 Å². The highest BCUT2D eigenvalue weighted by Crippen LogP contribution is 2.20. The molecule has 3 aromatic rings. The van der Waals surface area contributed by atoms with E-state index in [1.54, 1.807) is 0 Å². The molecule has 1 aromatic carbocycles. The second-order valence-corrected chi connectivity index (χ2v) is 4.67. The van der Waals surface area contributed by atoms with Crippen molar-refractivity contribution in [2.75, 3.05) is 0 Å². The molecule has 0 radical (unpaired) electrons. The fraction of sp³-hybridized carbons (Fsp3) is 0.200. The maximum Gasteiger partial charge on any atom is 0.110 e. The molecule has 2 heterocycles. The Morgan fingerprint density at radius 2 is 1.72 bits per heavy atom. The van der Waals surface area contributed by atoms with Crippen molar-refractivity contribution in [1.29, 1.82) is 0 Å². The number of benzene rings is 1. The van der Waals surface area contributed by atoms with Crippen LogP contribution in [0.2, 0.25) is 0 Å². The first-order valence-electron chi connectivity index (χ1n) is 6.03. The van der Waals surface area contributed by atoms with Crippen LogP contribution in [-0.4, -0.2) is 14.5 Å². The van der Waals surface area contributed by atoms with E-state index in [4.69, 9.17) is 0 Å². The molecule has 0 saturated carbocycles. The minimum absolute atomic E-state index is 0.973. The zero-order valence-electron chi connectivity index (χ0n) is 10.8. The van der Waals surface area contributed by atoms with Crippen LogP contribution in [0.15, 0.2) is 36.7 Å². The Kier molecular flexibility index (Phi) is 2.40. The SMILES string of the molecule is Cc1ccc(-n2cnc3c(C)nc(C)cc32)cc1. The normalized spacial score (nSPS) is 11.1. The van der Waals surface area contributed by atoms with Crippen LogP contribution in [-0.2, 0) is 0 Å². The van der Waals surface area contributed by atoms with E-state index in [2.05, 4.69) is 51.8 Å². The van der Waals surface area contributed by atoms with Gasteiger partial charge in [-0.05, 0) is 39.0 Å². The molecule has 2 aromatic heterocycles. The standard InChI is InChI=1S/C15H15N3/c1-10-4-6-13(7-5-10)18-9-16-15-12(3)17-11(2)8-14(15)18/h4-9H,1-3H3. The summed E-state index contributed by atoms with van der Waals surface area (Å²) in [5.74, 6) is 0. The lowest BCUT2D eigenvalue weighted by molar-refractivity contribution is 1.09. The number of hydrogen-bond donors (Lipinski definition) is 0. The molecule has 0 aliphatic heterocycles. The molecule has 0 saturated heterocycles. The van der Waals surface area contributed by atoms with E-state index in [9.17, 15) is 0 Å². The molecule has 90 valence electrons. The van der Waals surface area contributed by atoms with Gasteiger partial charge in [0.05, 0.1) is 11.2 Å². The first kappa shape index (κ1) is 11.0. The summed E-state index contributed by atoms with van der Waals surface area (Å²) >= 11 is 0. The number of pyridine rings is 1. The quantitative estimate of drug-likeness (QED) is 0.650. The van der Waals surface area contributed by atoms with Gasteiger partial charge < -0.3 is 0 Å². The number of imidazole rings is 1. The van der Waals surface area contributed by atoms with Gasteiger partial charge in [0.25, 0.3) is 0 Å². The van der Waals surface area contributed by atoms with Crippen molar-refractivity contribution >= 4 is 11.0 Å². The lowest BCUT2D eigenvalue weighted by Gasteiger charge is -2.05. The first-order chi connectivity index (χ1) is 8.65. The van der Waals surface area contributed by atoms with Crippen LogP contribution in [0.25, 0.3) is 16.7 Å². The summed E-state index contributed by atoms with van der Waals surface area (Å²) in [6.07, 6.45) is 1.86. The van der Waals surface area contributed by atoms with Crippen molar-refractivity contribution in [2.24, 2.45) is 0 Å². The zero-order chi connectivity index (χ0) is 12.7. The van der Waals surface area contributed by atoms with Crippen LogP contribution in [0, 0.1) is 20.8 Å². The summed E-state index contributed by atoms with van der Waals surface area (Å²) in [5, 5.41) is 0. The van der Waals surface area contributed by atoms with Gasteiger partial charge in [0.1, 0.15) is 11.8 Å².